The molecule has 0 saturated heterocycles. The molecule has 3 N–H and O–H groups in total. The number of fused-ring (bicyclic) bond motifs is 1. The predicted molar refractivity (Wildman–Crippen MR) is 68.5 cm³/mol. The fourth-order valence-corrected chi connectivity index (χ4v) is 3.29. The van der Waals surface area contributed by atoms with Crippen molar-refractivity contribution >= 4 is 27.6 Å². The van der Waals surface area contributed by atoms with Crippen molar-refractivity contribution in [3.05, 3.63) is 29.3 Å². The van der Waals surface area contributed by atoms with E-state index in [1.54, 1.807) is 11.3 Å². The molecule has 0 radical (unpaired) electrons. The summed E-state index contributed by atoms with van der Waals surface area (Å²) in [7, 11) is 0. The van der Waals surface area contributed by atoms with Gasteiger partial charge in [-0.05, 0) is 24.5 Å². The molecule has 1 heterocycles. The summed E-state index contributed by atoms with van der Waals surface area (Å²) in [5.41, 5.74) is 5.99. The number of hydrogen-bond donors (Lipinski definition) is 2. The summed E-state index contributed by atoms with van der Waals surface area (Å²) >= 11 is 1.68. The summed E-state index contributed by atoms with van der Waals surface area (Å²) in [6.45, 7) is 0.288. The maximum atomic E-state index is 10.7. The molecule has 3 rings (SSSR count). The normalized spacial score (nSPS) is 22.1. The van der Waals surface area contributed by atoms with Gasteiger partial charge in [-0.3, -0.25) is 5.21 Å². The van der Waals surface area contributed by atoms with E-state index in [-0.39, 0.29) is 12.5 Å². The van der Waals surface area contributed by atoms with Gasteiger partial charge in [-0.2, -0.15) is 0 Å². The molecule has 0 unspecified atom stereocenters. The van der Waals surface area contributed by atoms with Gasteiger partial charge in [0.1, 0.15) is 0 Å². The summed E-state index contributed by atoms with van der Waals surface area (Å²) in [6.07, 6.45) is 0.949. The number of benzene rings is 1. The van der Waals surface area contributed by atoms with Crippen molar-refractivity contribution in [2.24, 2.45) is 11.7 Å². The molecule has 6 heteroatoms. The molecule has 1 fully saturated rings. The highest BCUT2D eigenvalue weighted by atomic mass is 32.1. The number of carbonyl (C=O) groups is 1. The van der Waals surface area contributed by atoms with Crippen LogP contribution in [-0.2, 0) is 0 Å². The number of carbonyl (C=O) groups excluding carboxylic acids is 1. The number of para-hydroxylation sites is 1. The van der Waals surface area contributed by atoms with E-state index in [2.05, 4.69) is 11.1 Å². The van der Waals surface area contributed by atoms with E-state index in [0.717, 1.165) is 16.9 Å². The van der Waals surface area contributed by atoms with Gasteiger partial charge in [0.25, 0.3) is 0 Å². The number of hydroxylamine groups is 2. The third kappa shape index (κ3) is 2.04. The van der Waals surface area contributed by atoms with Crippen LogP contribution >= 0.6 is 11.3 Å². The highest BCUT2D eigenvalue weighted by Gasteiger charge is 2.42. The highest BCUT2D eigenvalue weighted by Crippen LogP contribution is 2.49. The minimum Gasteiger partial charge on any atom is -0.350 e. The van der Waals surface area contributed by atoms with E-state index >= 15 is 0 Å². The van der Waals surface area contributed by atoms with Crippen LogP contribution in [0.5, 0.6) is 0 Å². The Labute approximate surface area is 108 Å². The van der Waals surface area contributed by atoms with Crippen molar-refractivity contribution in [2.45, 2.75) is 12.3 Å². The van der Waals surface area contributed by atoms with E-state index < -0.39 is 6.03 Å². The Bertz CT molecular complexity index is 565. The average Bonchev–Trinajstić information content (AvgIpc) is 2.98. The van der Waals surface area contributed by atoms with Crippen LogP contribution in [0.1, 0.15) is 17.3 Å². The van der Waals surface area contributed by atoms with Gasteiger partial charge in [-0.25, -0.2) is 14.8 Å². The molecular formula is C12H13N3O2S. The van der Waals surface area contributed by atoms with Gasteiger partial charge in [-0.15, -0.1) is 11.3 Å². The number of amides is 2. The molecule has 5 nitrogen and oxygen atoms in total. The maximum Gasteiger partial charge on any atom is 0.338 e. The van der Waals surface area contributed by atoms with Crippen LogP contribution in [0, 0.1) is 5.92 Å². The Kier molecular flexibility index (Phi) is 2.68. The molecule has 1 aromatic carbocycles. The van der Waals surface area contributed by atoms with Crippen LogP contribution in [0.4, 0.5) is 4.79 Å². The number of nitrogens with two attached hydrogens (primary N) is 1. The first-order valence-corrected chi connectivity index (χ1v) is 6.58. The molecule has 2 aromatic rings. The number of aromatic nitrogens is 1. The third-order valence-electron chi connectivity index (χ3n) is 3.21. The maximum absolute atomic E-state index is 10.7. The number of urea groups is 1. The van der Waals surface area contributed by atoms with Gasteiger partial charge in [0.05, 0.1) is 21.8 Å². The monoisotopic (exact) mass is 263 g/mol. The molecular weight excluding hydrogens is 250 g/mol. The van der Waals surface area contributed by atoms with E-state index in [0.29, 0.717) is 11.0 Å². The smallest absolute Gasteiger partial charge is 0.338 e. The SMILES string of the molecule is NC(=O)N(O)C[C@@H]1C[C@H]1c1nc2ccccc2s1. The largest absolute Gasteiger partial charge is 0.350 e. The molecule has 1 aliphatic rings. The van der Waals surface area contributed by atoms with Crippen LogP contribution < -0.4 is 5.73 Å². The van der Waals surface area contributed by atoms with Gasteiger partial charge in [0.2, 0.25) is 0 Å². The second-order valence-corrected chi connectivity index (χ2v) is 5.60. The van der Waals surface area contributed by atoms with Crippen LogP contribution in [-0.4, -0.2) is 27.8 Å². The molecule has 2 amide bonds. The Morgan fingerprint density at radius 2 is 2.33 bits per heavy atom. The first kappa shape index (κ1) is 11.4. The summed E-state index contributed by atoms with van der Waals surface area (Å²) in [5.74, 6) is 0.611. The Morgan fingerprint density at radius 3 is 3.06 bits per heavy atom. The molecule has 1 aliphatic carbocycles. The molecule has 0 bridgehead atoms. The van der Waals surface area contributed by atoms with Gasteiger partial charge in [-0.1, -0.05) is 12.1 Å². The van der Waals surface area contributed by atoms with E-state index in [4.69, 9.17) is 5.73 Å². The lowest BCUT2D eigenvalue weighted by Crippen LogP contribution is -2.34. The zero-order valence-corrected chi connectivity index (χ0v) is 10.4. The number of hydrogen-bond acceptors (Lipinski definition) is 4. The van der Waals surface area contributed by atoms with Crippen molar-refractivity contribution in [3.63, 3.8) is 0 Å². The zero-order valence-electron chi connectivity index (χ0n) is 9.61. The van der Waals surface area contributed by atoms with Gasteiger partial charge < -0.3 is 5.73 Å². The lowest BCUT2D eigenvalue weighted by Gasteiger charge is -2.10. The quantitative estimate of drug-likeness (QED) is 0.658. The first-order chi connectivity index (χ1) is 8.65. The molecule has 0 spiro atoms. The summed E-state index contributed by atoms with van der Waals surface area (Å²) in [5, 5.41) is 10.9. The summed E-state index contributed by atoms with van der Waals surface area (Å²) < 4.78 is 1.17. The minimum atomic E-state index is -0.801. The van der Waals surface area contributed by atoms with E-state index in [1.165, 1.54) is 4.70 Å². The highest BCUT2D eigenvalue weighted by molar-refractivity contribution is 7.18. The van der Waals surface area contributed by atoms with Gasteiger partial charge >= 0.3 is 6.03 Å². The average molecular weight is 263 g/mol. The second-order valence-electron chi connectivity index (χ2n) is 4.54. The van der Waals surface area contributed by atoms with Gasteiger partial charge in [0.15, 0.2) is 0 Å². The predicted octanol–water partition coefficient (Wildman–Crippen LogP) is 2.17. The Morgan fingerprint density at radius 1 is 1.56 bits per heavy atom. The topological polar surface area (TPSA) is 79.5 Å². The standard InChI is InChI=1S/C12H13N3O2S/c13-12(16)15(17)6-7-5-8(7)11-14-9-3-1-2-4-10(9)18-11/h1-4,7-8,17H,5-6H2,(H2,13,16)/t7-,8+/m0/s1. The van der Waals surface area contributed by atoms with Crippen molar-refractivity contribution < 1.29 is 10.0 Å². The number of nitrogens with zero attached hydrogens (tertiary/aromatic N) is 2. The minimum absolute atomic E-state index is 0.267. The number of thiazole rings is 1. The molecule has 18 heavy (non-hydrogen) atoms. The number of primary amides is 1. The number of rotatable bonds is 3. The van der Waals surface area contributed by atoms with Gasteiger partial charge in [0, 0.05) is 5.92 Å². The van der Waals surface area contributed by atoms with Crippen molar-refractivity contribution in [2.75, 3.05) is 6.54 Å². The van der Waals surface area contributed by atoms with E-state index in [1.807, 2.05) is 18.2 Å². The Hall–Kier alpha value is -1.66. The fourth-order valence-electron chi connectivity index (χ4n) is 2.11. The van der Waals surface area contributed by atoms with Crippen molar-refractivity contribution in [1.29, 1.82) is 0 Å². The summed E-state index contributed by atoms with van der Waals surface area (Å²) in [6, 6.07) is 7.21. The first-order valence-electron chi connectivity index (χ1n) is 5.76. The van der Waals surface area contributed by atoms with Crippen molar-refractivity contribution in [3.8, 4) is 0 Å². The third-order valence-corrected chi connectivity index (χ3v) is 4.38. The molecule has 0 aliphatic heterocycles. The summed E-state index contributed by atoms with van der Waals surface area (Å²) in [4.78, 5) is 15.3. The van der Waals surface area contributed by atoms with Crippen molar-refractivity contribution in [1.82, 2.24) is 10.0 Å². The Balaban J connectivity index is 1.72. The van der Waals surface area contributed by atoms with E-state index in [9.17, 15) is 10.0 Å². The molecule has 2 atom stereocenters. The second kappa shape index (κ2) is 4.22. The lowest BCUT2D eigenvalue weighted by molar-refractivity contribution is -0.0431. The molecule has 1 saturated carbocycles. The lowest BCUT2D eigenvalue weighted by atomic mass is 10.3. The van der Waals surface area contributed by atoms with Crippen LogP contribution in [0.3, 0.4) is 0 Å². The molecule has 94 valence electrons. The van der Waals surface area contributed by atoms with Crippen LogP contribution in [0.25, 0.3) is 10.2 Å². The fraction of sp³-hybridized carbons (Fsp3) is 0.333. The van der Waals surface area contributed by atoms with Crippen LogP contribution in [0.15, 0.2) is 24.3 Å². The van der Waals surface area contributed by atoms with Crippen LogP contribution in [0.2, 0.25) is 0 Å². The molecule has 1 aromatic heterocycles. The zero-order chi connectivity index (χ0) is 12.7.